The molecule has 0 spiro atoms. The Labute approximate surface area is 122 Å². The first-order valence-electron chi connectivity index (χ1n) is 6.50. The van der Waals surface area contributed by atoms with Gasteiger partial charge in [0.15, 0.2) is 0 Å². The van der Waals surface area contributed by atoms with Crippen LogP contribution in [-0.2, 0) is 16.1 Å². The van der Waals surface area contributed by atoms with E-state index in [2.05, 4.69) is 5.32 Å². The van der Waals surface area contributed by atoms with Crippen molar-refractivity contribution in [2.75, 3.05) is 19.0 Å². The molecule has 1 aliphatic heterocycles. The minimum atomic E-state index is -0.459. The lowest BCUT2D eigenvalue weighted by Crippen LogP contribution is -2.39. The predicted molar refractivity (Wildman–Crippen MR) is 75.5 cm³/mol. The number of carbonyl (C=O) groups is 2. The number of likely N-dealkylation sites (tertiary alicyclic amines) is 1. The molecule has 1 fully saturated rings. The number of nitrogens with zero attached hydrogens (tertiary/aromatic N) is 1. The van der Waals surface area contributed by atoms with Gasteiger partial charge in [0.05, 0.1) is 6.04 Å². The minimum absolute atomic E-state index is 0.0226. The lowest BCUT2D eigenvalue weighted by molar-refractivity contribution is -0.127. The van der Waals surface area contributed by atoms with E-state index in [1.54, 1.807) is 4.90 Å². The quantitative estimate of drug-likeness (QED) is 0.861. The monoisotopic (exact) mass is 296 g/mol. The van der Waals surface area contributed by atoms with Gasteiger partial charge in [-0.3, -0.25) is 4.79 Å². The van der Waals surface area contributed by atoms with Gasteiger partial charge in [-0.1, -0.05) is 30.3 Å². The van der Waals surface area contributed by atoms with Crippen LogP contribution in [0.2, 0.25) is 0 Å². The Bertz CT molecular complexity index is 467. The first kappa shape index (κ1) is 14.7. The number of rotatable bonds is 4. The largest absolute Gasteiger partial charge is 0.445 e. The second kappa shape index (κ2) is 7.14. The number of halogens is 1. The molecular formula is C14H17ClN2O3. The number of nitrogens with one attached hydrogen (secondary N) is 1. The number of hydrogen-bond acceptors (Lipinski definition) is 3. The fourth-order valence-corrected chi connectivity index (χ4v) is 2.29. The van der Waals surface area contributed by atoms with Gasteiger partial charge >= 0.3 is 6.09 Å². The van der Waals surface area contributed by atoms with Crippen molar-refractivity contribution in [3.63, 3.8) is 0 Å². The molecule has 0 radical (unpaired) electrons. The molecule has 1 aromatic carbocycles. The molecule has 5 nitrogen and oxygen atoms in total. The van der Waals surface area contributed by atoms with E-state index in [0.29, 0.717) is 13.1 Å². The van der Waals surface area contributed by atoms with Gasteiger partial charge in [-0.25, -0.2) is 4.79 Å². The highest BCUT2D eigenvalue weighted by atomic mass is 35.5. The molecule has 0 bridgehead atoms. The van der Waals surface area contributed by atoms with Crippen molar-refractivity contribution in [3.05, 3.63) is 35.9 Å². The molecular weight excluding hydrogens is 280 g/mol. The topological polar surface area (TPSA) is 58.6 Å². The summed E-state index contributed by atoms with van der Waals surface area (Å²) in [6.07, 6.45) is 0.266. The molecule has 1 heterocycles. The molecule has 1 atom stereocenters. The molecule has 108 valence electrons. The zero-order chi connectivity index (χ0) is 14.4. The van der Waals surface area contributed by atoms with Crippen LogP contribution in [0.4, 0.5) is 4.79 Å². The maximum Gasteiger partial charge on any atom is 0.407 e. The van der Waals surface area contributed by atoms with Gasteiger partial charge < -0.3 is 15.0 Å². The molecule has 20 heavy (non-hydrogen) atoms. The first-order valence-corrected chi connectivity index (χ1v) is 7.03. The van der Waals surface area contributed by atoms with Crippen LogP contribution in [0, 0.1) is 0 Å². The van der Waals surface area contributed by atoms with E-state index in [1.165, 1.54) is 0 Å². The SMILES string of the molecule is O=C(NC1CCN(C(=O)CCl)C1)OCc1ccccc1. The molecule has 2 amide bonds. The zero-order valence-corrected chi connectivity index (χ0v) is 11.8. The molecule has 1 saturated heterocycles. The fraction of sp³-hybridized carbons (Fsp3) is 0.429. The van der Waals surface area contributed by atoms with Crippen LogP contribution in [0.25, 0.3) is 0 Å². The van der Waals surface area contributed by atoms with Crippen molar-refractivity contribution in [2.24, 2.45) is 0 Å². The summed E-state index contributed by atoms with van der Waals surface area (Å²) in [5, 5.41) is 2.76. The van der Waals surface area contributed by atoms with Crippen molar-refractivity contribution in [3.8, 4) is 0 Å². The summed E-state index contributed by atoms with van der Waals surface area (Å²) < 4.78 is 5.13. The molecule has 1 N–H and O–H groups in total. The van der Waals surface area contributed by atoms with Crippen molar-refractivity contribution >= 4 is 23.6 Å². The summed E-state index contributed by atoms with van der Waals surface area (Å²) in [7, 11) is 0. The summed E-state index contributed by atoms with van der Waals surface area (Å²) in [5.74, 6) is -0.126. The van der Waals surface area contributed by atoms with E-state index >= 15 is 0 Å². The smallest absolute Gasteiger partial charge is 0.407 e. The Hall–Kier alpha value is -1.75. The van der Waals surface area contributed by atoms with E-state index in [1.807, 2.05) is 30.3 Å². The van der Waals surface area contributed by atoms with Gasteiger partial charge in [-0.05, 0) is 12.0 Å². The molecule has 1 aromatic rings. The highest BCUT2D eigenvalue weighted by Crippen LogP contribution is 2.10. The number of carbonyl (C=O) groups excluding carboxylic acids is 2. The molecule has 1 aliphatic rings. The van der Waals surface area contributed by atoms with Gasteiger partial charge in [0.2, 0.25) is 5.91 Å². The molecule has 0 aromatic heterocycles. The Morgan fingerprint density at radius 3 is 2.80 bits per heavy atom. The van der Waals surface area contributed by atoms with E-state index in [-0.39, 0.29) is 24.4 Å². The third-order valence-electron chi connectivity index (χ3n) is 3.19. The average Bonchev–Trinajstić information content (AvgIpc) is 2.94. The summed E-state index contributed by atoms with van der Waals surface area (Å²) in [4.78, 5) is 24.7. The normalized spacial score (nSPS) is 17.9. The zero-order valence-electron chi connectivity index (χ0n) is 11.0. The summed E-state index contributed by atoms with van der Waals surface area (Å²) >= 11 is 5.50. The van der Waals surface area contributed by atoms with Crippen LogP contribution in [0.15, 0.2) is 30.3 Å². The number of hydrogen-bond donors (Lipinski definition) is 1. The Morgan fingerprint density at radius 2 is 2.10 bits per heavy atom. The third kappa shape index (κ3) is 4.13. The van der Waals surface area contributed by atoms with Crippen molar-refractivity contribution in [2.45, 2.75) is 19.1 Å². The molecule has 0 saturated carbocycles. The first-order chi connectivity index (χ1) is 9.69. The van der Waals surface area contributed by atoms with Crippen molar-refractivity contribution < 1.29 is 14.3 Å². The van der Waals surface area contributed by atoms with Gasteiger partial charge in [0, 0.05) is 13.1 Å². The number of ether oxygens (including phenoxy) is 1. The van der Waals surface area contributed by atoms with E-state index in [4.69, 9.17) is 16.3 Å². The van der Waals surface area contributed by atoms with Gasteiger partial charge in [-0.2, -0.15) is 0 Å². The number of benzene rings is 1. The van der Waals surface area contributed by atoms with Crippen molar-refractivity contribution in [1.82, 2.24) is 10.2 Å². The summed E-state index contributed by atoms with van der Waals surface area (Å²) in [5.41, 5.74) is 0.938. The second-order valence-electron chi connectivity index (χ2n) is 4.67. The standard InChI is InChI=1S/C14H17ClN2O3/c15-8-13(18)17-7-6-12(9-17)16-14(19)20-10-11-4-2-1-3-5-11/h1-5,12H,6-10H2,(H,16,19). The van der Waals surface area contributed by atoms with Crippen LogP contribution in [-0.4, -0.2) is 41.9 Å². The second-order valence-corrected chi connectivity index (χ2v) is 4.93. The summed E-state index contributed by atoms with van der Waals surface area (Å²) in [6.45, 7) is 1.35. The Kier molecular flexibility index (Phi) is 5.24. The average molecular weight is 297 g/mol. The Balaban J connectivity index is 1.72. The molecule has 2 rings (SSSR count). The van der Waals surface area contributed by atoms with Crippen LogP contribution in [0.5, 0.6) is 0 Å². The maximum absolute atomic E-state index is 11.7. The van der Waals surface area contributed by atoms with Gasteiger partial charge in [0.1, 0.15) is 12.5 Å². The van der Waals surface area contributed by atoms with E-state index in [9.17, 15) is 9.59 Å². The highest BCUT2D eigenvalue weighted by Gasteiger charge is 2.26. The minimum Gasteiger partial charge on any atom is -0.445 e. The van der Waals surface area contributed by atoms with Crippen LogP contribution >= 0.6 is 11.6 Å². The van der Waals surface area contributed by atoms with E-state index in [0.717, 1.165) is 12.0 Å². The van der Waals surface area contributed by atoms with Gasteiger partial charge in [-0.15, -0.1) is 11.6 Å². The predicted octanol–water partition coefficient (Wildman–Crippen LogP) is 1.75. The number of alkyl halides is 1. The third-order valence-corrected chi connectivity index (χ3v) is 3.42. The van der Waals surface area contributed by atoms with Crippen molar-refractivity contribution in [1.29, 1.82) is 0 Å². The Morgan fingerprint density at radius 1 is 1.35 bits per heavy atom. The molecule has 1 unspecified atom stereocenters. The van der Waals surface area contributed by atoms with E-state index < -0.39 is 6.09 Å². The fourth-order valence-electron chi connectivity index (χ4n) is 2.12. The lowest BCUT2D eigenvalue weighted by atomic mass is 10.2. The highest BCUT2D eigenvalue weighted by molar-refractivity contribution is 6.27. The van der Waals surface area contributed by atoms with Crippen LogP contribution < -0.4 is 5.32 Å². The molecule has 6 heteroatoms. The molecule has 0 aliphatic carbocycles. The number of alkyl carbamates (subject to hydrolysis) is 1. The van der Waals surface area contributed by atoms with Gasteiger partial charge in [0.25, 0.3) is 0 Å². The summed E-state index contributed by atoms with van der Waals surface area (Å²) in [6, 6.07) is 9.41. The number of amides is 2. The van der Waals surface area contributed by atoms with Crippen LogP contribution in [0.1, 0.15) is 12.0 Å². The lowest BCUT2D eigenvalue weighted by Gasteiger charge is -2.15. The maximum atomic E-state index is 11.7. The van der Waals surface area contributed by atoms with Crippen LogP contribution in [0.3, 0.4) is 0 Å².